The molecule has 0 amide bonds. The van der Waals surface area contributed by atoms with Gasteiger partial charge in [-0.1, -0.05) is 149 Å². The van der Waals surface area contributed by atoms with Crippen LogP contribution in [0.4, 0.5) is 0 Å². The highest BCUT2D eigenvalue weighted by Crippen LogP contribution is 2.18. The summed E-state index contributed by atoms with van der Waals surface area (Å²) < 4.78 is 17.0. The van der Waals surface area contributed by atoms with Crippen molar-refractivity contribution in [3.05, 3.63) is 0 Å². The lowest BCUT2D eigenvalue weighted by atomic mass is 10.0. The number of hydrogen-bond acceptors (Lipinski definition) is 7. The van der Waals surface area contributed by atoms with Gasteiger partial charge in [0.25, 0.3) is 0 Å². The molecule has 1 atom stereocenters. The zero-order valence-corrected chi connectivity index (χ0v) is 34.5. The van der Waals surface area contributed by atoms with E-state index >= 15 is 0 Å². The van der Waals surface area contributed by atoms with Gasteiger partial charge in [-0.3, -0.25) is 9.59 Å². The number of aliphatic hydroxyl groups excluding tert-OH is 1. The summed E-state index contributed by atoms with van der Waals surface area (Å²) in [6.45, 7) is 10.1. The van der Waals surface area contributed by atoms with E-state index in [0.717, 1.165) is 110 Å². The van der Waals surface area contributed by atoms with E-state index in [-0.39, 0.29) is 30.8 Å². The first-order chi connectivity index (χ1) is 25.0. The van der Waals surface area contributed by atoms with Crippen molar-refractivity contribution in [2.24, 2.45) is 0 Å². The number of aliphatic hydroxyl groups is 1. The van der Waals surface area contributed by atoms with Crippen molar-refractivity contribution in [3.8, 4) is 0 Å². The minimum atomic E-state index is -0.106. The number of rotatable bonds is 41. The minimum Gasteiger partial charge on any atom is -0.463 e. The smallest absolute Gasteiger partial charge is 0.306 e. The molecule has 0 aromatic carbocycles. The summed E-state index contributed by atoms with van der Waals surface area (Å²) in [6, 6.07) is 0. The fourth-order valence-electron chi connectivity index (χ4n) is 6.88. The molecule has 304 valence electrons. The molecule has 0 aliphatic rings. The highest BCUT2D eigenvalue weighted by atomic mass is 16.6. The van der Waals surface area contributed by atoms with Crippen molar-refractivity contribution in [2.75, 3.05) is 40.0 Å². The van der Waals surface area contributed by atoms with Gasteiger partial charge < -0.3 is 24.2 Å². The lowest BCUT2D eigenvalue weighted by molar-refractivity contribution is -0.150. The molecule has 7 heteroatoms. The molecule has 0 rings (SSSR count). The molecule has 0 heterocycles. The van der Waals surface area contributed by atoms with Gasteiger partial charge in [-0.25, -0.2) is 0 Å². The predicted octanol–water partition coefficient (Wildman–Crippen LogP) is 11.9. The molecule has 51 heavy (non-hydrogen) atoms. The Hall–Kier alpha value is -1.18. The monoisotopic (exact) mass is 726 g/mol. The van der Waals surface area contributed by atoms with Crippen LogP contribution in [0.15, 0.2) is 0 Å². The van der Waals surface area contributed by atoms with E-state index in [9.17, 15) is 14.7 Å². The highest BCUT2D eigenvalue weighted by molar-refractivity contribution is 5.69. The molecule has 0 saturated heterocycles. The van der Waals surface area contributed by atoms with Crippen LogP contribution in [0.3, 0.4) is 0 Å². The normalized spacial score (nSPS) is 12.2. The van der Waals surface area contributed by atoms with Gasteiger partial charge in [-0.05, 0) is 70.9 Å². The van der Waals surface area contributed by atoms with Crippen molar-refractivity contribution in [1.29, 1.82) is 0 Å². The maximum atomic E-state index is 12.7. The fraction of sp³-hybridized carbons (Fsp3) is 0.955. The number of ether oxygens (including phenoxy) is 3. The maximum Gasteiger partial charge on any atom is 0.306 e. The molecule has 0 fully saturated rings. The average molecular weight is 726 g/mol. The minimum absolute atomic E-state index is 0.00901. The zero-order chi connectivity index (χ0) is 37.5. The van der Waals surface area contributed by atoms with Crippen LogP contribution >= 0.6 is 0 Å². The van der Waals surface area contributed by atoms with Gasteiger partial charge >= 0.3 is 11.9 Å². The Labute approximate surface area is 317 Å². The van der Waals surface area contributed by atoms with Crippen LogP contribution in [0.25, 0.3) is 0 Å². The van der Waals surface area contributed by atoms with Gasteiger partial charge in [0.2, 0.25) is 0 Å². The van der Waals surface area contributed by atoms with Crippen LogP contribution in [0.2, 0.25) is 0 Å². The van der Waals surface area contributed by atoms with Crippen molar-refractivity contribution in [2.45, 2.75) is 232 Å². The molecule has 0 radical (unpaired) electrons. The first kappa shape index (κ1) is 49.8. The Kier molecular flexibility index (Phi) is 39.1. The Bertz CT molecular complexity index is 718. The quantitative estimate of drug-likeness (QED) is 0.0496. The number of methoxy groups -OCH3 is 1. The van der Waals surface area contributed by atoms with Crippen LogP contribution in [0.5, 0.6) is 0 Å². The lowest BCUT2D eigenvalue weighted by Crippen LogP contribution is -2.29. The molecule has 0 aromatic rings. The van der Waals surface area contributed by atoms with E-state index in [4.69, 9.17) is 14.2 Å². The van der Waals surface area contributed by atoms with Gasteiger partial charge in [0.05, 0.1) is 12.7 Å². The summed E-state index contributed by atoms with van der Waals surface area (Å²) in [4.78, 5) is 27.2. The van der Waals surface area contributed by atoms with Gasteiger partial charge in [0.1, 0.15) is 12.7 Å². The Morgan fingerprint density at radius 3 is 1.35 bits per heavy atom. The standard InChI is InChI=1S/C44H87NO6/c1-5-8-11-14-18-25-31-41(32-26-19-15-12-9-6-2)51-44(48)35-28-21-17-23-30-37-45(38-39-46)36-29-22-16-20-27-34-43(47)50-40-42(49-4)33-24-13-10-7-3/h41-42,46H,5-40H2,1-4H3. The number of esters is 2. The summed E-state index contributed by atoms with van der Waals surface area (Å²) in [6.07, 6.45) is 35.1. The summed E-state index contributed by atoms with van der Waals surface area (Å²) in [5.74, 6) is -0.0966. The number of nitrogens with zero attached hydrogens (tertiary/aromatic N) is 1. The van der Waals surface area contributed by atoms with E-state index in [2.05, 4.69) is 25.7 Å². The number of unbranched alkanes of at least 4 members (excludes halogenated alkanes) is 21. The van der Waals surface area contributed by atoms with Crippen LogP contribution in [-0.4, -0.2) is 74.1 Å². The zero-order valence-electron chi connectivity index (χ0n) is 34.5. The Morgan fingerprint density at radius 2 is 0.882 bits per heavy atom. The maximum absolute atomic E-state index is 12.7. The molecule has 0 aliphatic carbocycles. The largest absolute Gasteiger partial charge is 0.463 e. The molecular formula is C44H87NO6. The third-order valence-corrected chi connectivity index (χ3v) is 10.3. The average Bonchev–Trinajstić information content (AvgIpc) is 3.13. The Morgan fingerprint density at radius 1 is 0.490 bits per heavy atom. The van der Waals surface area contributed by atoms with Crippen LogP contribution < -0.4 is 0 Å². The molecule has 1 unspecified atom stereocenters. The van der Waals surface area contributed by atoms with Crippen molar-refractivity contribution in [3.63, 3.8) is 0 Å². The molecule has 1 N–H and O–H groups in total. The molecule has 0 aliphatic heterocycles. The second kappa shape index (κ2) is 40.0. The van der Waals surface area contributed by atoms with E-state index < -0.39 is 0 Å². The van der Waals surface area contributed by atoms with Crippen molar-refractivity contribution < 1.29 is 28.9 Å². The molecular weight excluding hydrogens is 638 g/mol. The molecule has 0 aromatic heterocycles. The van der Waals surface area contributed by atoms with Gasteiger partial charge in [-0.2, -0.15) is 0 Å². The molecule has 0 bridgehead atoms. The van der Waals surface area contributed by atoms with Gasteiger partial charge in [0.15, 0.2) is 0 Å². The summed E-state index contributed by atoms with van der Waals surface area (Å²) in [5.41, 5.74) is 0. The predicted molar refractivity (Wildman–Crippen MR) is 215 cm³/mol. The van der Waals surface area contributed by atoms with Crippen LogP contribution in [0.1, 0.15) is 220 Å². The Balaban J connectivity index is 4.03. The fourth-order valence-corrected chi connectivity index (χ4v) is 6.88. The third kappa shape index (κ3) is 35.6. The third-order valence-electron chi connectivity index (χ3n) is 10.3. The molecule has 7 nitrogen and oxygen atoms in total. The van der Waals surface area contributed by atoms with Crippen LogP contribution in [0, 0.1) is 0 Å². The van der Waals surface area contributed by atoms with E-state index in [1.54, 1.807) is 7.11 Å². The second-order valence-electron chi connectivity index (χ2n) is 15.2. The summed E-state index contributed by atoms with van der Waals surface area (Å²) in [5, 5.41) is 9.55. The lowest BCUT2D eigenvalue weighted by Gasteiger charge is -2.21. The first-order valence-electron chi connectivity index (χ1n) is 22.2. The van der Waals surface area contributed by atoms with Gasteiger partial charge in [-0.15, -0.1) is 0 Å². The second-order valence-corrected chi connectivity index (χ2v) is 15.2. The highest BCUT2D eigenvalue weighted by Gasteiger charge is 2.15. The van der Waals surface area contributed by atoms with Crippen molar-refractivity contribution in [1.82, 2.24) is 4.90 Å². The molecule has 0 spiro atoms. The first-order valence-corrected chi connectivity index (χ1v) is 22.2. The number of hydrogen-bond donors (Lipinski definition) is 1. The number of carbonyl (C=O) groups is 2. The van der Waals surface area contributed by atoms with E-state index in [1.165, 1.54) is 96.3 Å². The SMILES string of the molecule is CCCCCCCCC(CCCCCCCC)OC(=O)CCCCCCCN(CCO)CCCCCCCC(=O)OCC(CCCCCC)OC. The van der Waals surface area contributed by atoms with E-state index in [1.807, 2.05) is 0 Å². The van der Waals surface area contributed by atoms with E-state index in [0.29, 0.717) is 19.4 Å². The van der Waals surface area contributed by atoms with Crippen molar-refractivity contribution >= 4 is 11.9 Å². The van der Waals surface area contributed by atoms with Gasteiger partial charge in [0, 0.05) is 26.5 Å². The molecule has 0 saturated carbocycles. The summed E-state index contributed by atoms with van der Waals surface area (Å²) >= 11 is 0. The summed E-state index contributed by atoms with van der Waals surface area (Å²) in [7, 11) is 1.70. The van der Waals surface area contributed by atoms with Crippen LogP contribution in [-0.2, 0) is 23.8 Å². The topological polar surface area (TPSA) is 85.3 Å². The number of carbonyl (C=O) groups excluding carboxylic acids is 2.